The second-order valence-electron chi connectivity index (χ2n) is 9.76. The molecule has 3 atom stereocenters. The van der Waals surface area contributed by atoms with Crippen LogP contribution in [0, 0.1) is 11.3 Å². The number of pyridine rings is 1. The minimum absolute atomic E-state index is 0.0179. The molecule has 3 aliphatic heterocycles. The molecule has 1 aromatic rings. The molecule has 7 nitrogen and oxygen atoms in total. The van der Waals surface area contributed by atoms with E-state index in [9.17, 15) is 22.8 Å². The zero-order valence-electron chi connectivity index (χ0n) is 17.7. The molecular weight excluding hydrogens is 425 g/mol. The molecule has 4 heterocycles. The van der Waals surface area contributed by atoms with Gasteiger partial charge < -0.3 is 19.9 Å². The van der Waals surface area contributed by atoms with E-state index >= 15 is 0 Å². The number of carbonyl (C=O) groups excluding carboxylic acids is 2. The van der Waals surface area contributed by atoms with Crippen molar-refractivity contribution in [3.05, 3.63) is 29.6 Å². The third-order valence-electron chi connectivity index (χ3n) is 7.36. The highest BCUT2D eigenvalue weighted by molar-refractivity contribution is 5.79. The molecule has 1 aromatic heterocycles. The van der Waals surface area contributed by atoms with Crippen LogP contribution in [0.15, 0.2) is 18.3 Å². The van der Waals surface area contributed by atoms with E-state index in [2.05, 4.69) is 10.3 Å². The lowest BCUT2D eigenvalue weighted by Gasteiger charge is -2.51. The quantitative estimate of drug-likeness (QED) is 0.748. The molecule has 4 fully saturated rings. The zero-order chi connectivity index (χ0) is 22.5. The summed E-state index contributed by atoms with van der Waals surface area (Å²) in [6, 6.07) is 2.45. The molecule has 5 rings (SSSR count). The van der Waals surface area contributed by atoms with Crippen molar-refractivity contribution >= 4 is 11.9 Å². The first kappa shape index (κ1) is 21.5. The summed E-state index contributed by atoms with van der Waals surface area (Å²) >= 11 is 0. The van der Waals surface area contributed by atoms with Gasteiger partial charge in [-0.15, -0.1) is 0 Å². The molecule has 0 radical (unpaired) electrons. The Morgan fingerprint density at radius 1 is 1.25 bits per heavy atom. The van der Waals surface area contributed by atoms with Gasteiger partial charge in [0.15, 0.2) is 0 Å². The molecule has 10 heteroatoms. The molecule has 32 heavy (non-hydrogen) atoms. The average molecular weight is 452 g/mol. The number of rotatable bonds is 2. The Hall–Kier alpha value is -2.36. The van der Waals surface area contributed by atoms with Crippen LogP contribution in [0.1, 0.15) is 36.9 Å². The first-order valence-corrected chi connectivity index (χ1v) is 11.2. The van der Waals surface area contributed by atoms with Crippen molar-refractivity contribution in [3.8, 4) is 0 Å². The summed E-state index contributed by atoms with van der Waals surface area (Å²) in [5.41, 5.74) is 0.0905. The fraction of sp³-hybridized carbons (Fsp3) is 0.682. The number of hydrogen-bond acceptors (Lipinski definition) is 4. The highest BCUT2D eigenvalue weighted by Gasteiger charge is 2.51. The fourth-order valence-electron chi connectivity index (χ4n) is 5.81. The Morgan fingerprint density at radius 3 is 2.78 bits per heavy atom. The Morgan fingerprint density at radius 2 is 2.06 bits per heavy atom. The normalized spacial score (nSPS) is 29.5. The Bertz CT molecular complexity index is 885. The van der Waals surface area contributed by atoms with E-state index < -0.39 is 11.9 Å². The highest BCUT2D eigenvalue weighted by atomic mass is 19.4. The molecule has 4 aliphatic rings. The highest BCUT2D eigenvalue weighted by Crippen LogP contribution is 2.49. The smallest absolute Gasteiger partial charge is 0.366 e. The lowest BCUT2D eigenvalue weighted by Crippen LogP contribution is -2.65. The molecule has 1 spiro atoms. The third-order valence-corrected chi connectivity index (χ3v) is 7.36. The van der Waals surface area contributed by atoms with Crippen LogP contribution >= 0.6 is 0 Å². The maximum Gasteiger partial charge on any atom is 0.433 e. The number of fused-ring (bicyclic) bond motifs is 1. The van der Waals surface area contributed by atoms with Crippen molar-refractivity contribution < 1.29 is 27.5 Å². The van der Waals surface area contributed by atoms with Gasteiger partial charge in [-0.05, 0) is 49.7 Å². The molecule has 1 saturated carbocycles. The standard InChI is InChI=1S/C22H27F3N4O3/c23-22(24,25)18-2-1-15(9-26-18)7-14-3-5-21(8-14)12-29(13-21)20(31)28-6-4-17-16(10-28)27-19(30)11-32-17/h1-2,9,14,16-17H,3-8,10-13H2,(H,27,30)/t14?,16-,17+/m1/s1. The van der Waals surface area contributed by atoms with Crippen LogP contribution in [0.25, 0.3) is 0 Å². The summed E-state index contributed by atoms with van der Waals surface area (Å²) in [7, 11) is 0. The van der Waals surface area contributed by atoms with Crippen molar-refractivity contribution in [2.24, 2.45) is 11.3 Å². The maximum atomic E-state index is 13.0. The van der Waals surface area contributed by atoms with Crippen LogP contribution in [-0.2, 0) is 22.1 Å². The number of amides is 3. The molecule has 0 bridgehead atoms. The summed E-state index contributed by atoms with van der Waals surface area (Å²) in [4.78, 5) is 31.8. The molecule has 3 saturated heterocycles. The number of alkyl halides is 3. The number of nitrogens with zero attached hydrogens (tertiary/aromatic N) is 3. The van der Waals surface area contributed by atoms with Crippen molar-refractivity contribution in [1.82, 2.24) is 20.1 Å². The SMILES string of the molecule is O=C1CO[C@H]2CCN(C(=O)N3CC4(CCC(Cc5ccc(C(F)(F)F)nc5)C4)C3)C[C@H]2N1. The molecule has 174 valence electrons. The van der Waals surface area contributed by atoms with Gasteiger partial charge in [0.2, 0.25) is 5.91 Å². The summed E-state index contributed by atoms with van der Waals surface area (Å²) in [6.45, 7) is 2.64. The second-order valence-corrected chi connectivity index (χ2v) is 9.76. The van der Waals surface area contributed by atoms with Gasteiger partial charge in [-0.2, -0.15) is 13.2 Å². The summed E-state index contributed by atoms with van der Waals surface area (Å²) in [5, 5.41) is 2.92. The Balaban J connectivity index is 1.11. The van der Waals surface area contributed by atoms with Gasteiger partial charge >= 0.3 is 12.2 Å². The number of ether oxygens (including phenoxy) is 1. The number of urea groups is 1. The largest absolute Gasteiger partial charge is 0.433 e. The van der Waals surface area contributed by atoms with Crippen molar-refractivity contribution in [2.45, 2.75) is 50.4 Å². The summed E-state index contributed by atoms with van der Waals surface area (Å²) < 4.78 is 43.6. The van der Waals surface area contributed by atoms with Crippen LogP contribution in [-0.4, -0.2) is 71.7 Å². The van der Waals surface area contributed by atoms with Gasteiger partial charge in [-0.1, -0.05) is 6.07 Å². The summed E-state index contributed by atoms with van der Waals surface area (Å²) in [6.07, 6.45) is 1.37. The predicted octanol–water partition coefficient (Wildman–Crippen LogP) is 2.45. The first-order valence-electron chi connectivity index (χ1n) is 11.2. The number of carbonyl (C=O) groups is 2. The van der Waals surface area contributed by atoms with Gasteiger partial charge in [-0.3, -0.25) is 9.78 Å². The predicted molar refractivity (Wildman–Crippen MR) is 108 cm³/mol. The molecule has 3 amide bonds. The third kappa shape index (κ3) is 4.16. The number of likely N-dealkylation sites (tertiary alicyclic amines) is 2. The van der Waals surface area contributed by atoms with E-state index in [1.807, 2.05) is 9.80 Å². The van der Waals surface area contributed by atoms with E-state index in [0.29, 0.717) is 19.0 Å². The average Bonchev–Trinajstić information content (AvgIpc) is 3.15. The minimum atomic E-state index is -4.41. The maximum absolute atomic E-state index is 13.0. The Kier molecular flexibility index (Phi) is 5.30. The van der Waals surface area contributed by atoms with Crippen molar-refractivity contribution in [2.75, 3.05) is 32.8 Å². The van der Waals surface area contributed by atoms with E-state index in [4.69, 9.17) is 4.74 Å². The van der Waals surface area contributed by atoms with Gasteiger partial charge in [0.1, 0.15) is 12.3 Å². The van der Waals surface area contributed by atoms with E-state index in [1.165, 1.54) is 12.3 Å². The van der Waals surface area contributed by atoms with Gasteiger partial charge in [0.25, 0.3) is 0 Å². The number of aromatic nitrogens is 1. The van der Waals surface area contributed by atoms with Gasteiger partial charge in [0.05, 0.1) is 12.1 Å². The summed E-state index contributed by atoms with van der Waals surface area (Å²) in [5.74, 6) is 0.264. The van der Waals surface area contributed by atoms with Crippen molar-refractivity contribution in [1.29, 1.82) is 0 Å². The van der Waals surface area contributed by atoms with Crippen LogP contribution in [0.4, 0.5) is 18.0 Å². The molecular formula is C22H27F3N4O3. The topological polar surface area (TPSA) is 74.8 Å². The number of morpholine rings is 1. The number of hydrogen-bond donors (Lipinski definition) is 1. The van der Waals surface area contributed by atoms with E-state index in [1.54, 1.807) is 0 Å². The number of nitrogens with one attached hydrogen (secondary N) is 1. The van der Waals surface area contributed by atoms with Crippen LogP contribution < -0.4 is 5.32 Å². The fourth-order valence-corrected chi connectivity index (χ4v) is 5.81. The molecule has 0 aromatic carbocycles. The van der Waals surface area contributed by atoms with Gasteiger partial charge in [-0.25, -0.2) is 4.79 Å². The number of halogens is 3. The first-order chi connectivity index (χ1) is 15.2. The van der Waals surface area contributed by atoms with Crippen LogP contribution in [0.2, 0.25) is 0 Å². The molecule has 1 aliphatic carbocycles. The van der Waals surface area contributed by atoms with Gasteiger partial charge in [0, 0.05) is 37.8 Å². The second kappa shape index (κ2) is 7.90. The van der Waals surface area contributed by atoms with Crippen LogP contribution in [0.3, 0.4) is 0 Å². The van der Waals surface area contributed by atoms with Crippen LogP contribution in [0.5, 0.6) is 0 Å². The number of piperidine rings is 1. The van der Waals surface area contributed by atoms with E-state index in [-0.39, 0.29) is 36.1 Å². The molecule has 1 unspecified atom stereocenters. The minimum Gasteiger partial charge on any atom is -0.366 e. The lowest BCUT2D eigenvalue weighted by atomic mass is 9.77. The Labute approximate surface area is 184 Å². The van der Waals surface area contributed by atoms with Crippen molar-refractivity contribution in [3.63, 3.8) is 0 Å². The monoisotopic (exact) mass is 452 g/mol. The lowest BCUT2D eigenvalue weighted by molar-refractivity contribution is -0.141. The molecule has 1 N–H and O–H groups in total. The van der Waals surface area contributed by atoms with E-state index in [0.717, 1.165) is 56.8 Å². The zero-order valence-corrected chi connectivity index (χ0v) is 17.7.